The van der Waals surface area contributed by atoms with Gasteiger partial charge in [0, 0.05) is 11.1 Å². The van der Waals surface area contributed by atoms with E-state index in [1.165, 1.54) is 0 Å². The van der Waals surface area contributed by atoms with Crippen molar-refractivity contribution in [2.45, 2.75) is 11.5 Å². The van der Waals surface area contributed by atoms with Crippen LogP contribution in [0.2, 0.25) is 0 Å². The molecule has 1 unspecified atom stereocenters. The van der Waals surface area contributed by atoms with E-state index < -0.39 is 17.5 Å². The van der Waals surface area contributed by atoms with Gasteiger partial charge in [-0.2, -0.15) is 0 Å². The molecule has 0 saturated carbocycles. The molecule has 3 aromatic rings. The van der Waals surface area contributed by atoms with E-state index in [2.05, 4.69) is 0 Å². The third-order valence-electron chi connectivity index (χ3n) is 5.01. The summed E-state index contributed by atoms with van der Waals surface area (Å²) in [6, 6.07) is 23.6. The molecule has 0 radical (unpaired) electrons. The molecule has 1 aliphatic rings. The molecule has 0 aliphatic heterocycles. The first-order chi connectivity index (χ1) is 13.2. The summed E-state index contributed by atoms with van der Waals surface area (Å²) in [6.07, 6.45) is 0.753. The second kappa shape index (κ2) is 6.82. The maximum Gasteiger partial charge on any atom is 0.347 e. The van der Waals surface area contributed by atoms with E-state index in [1.807, 2.05) is 54.6 Å². The Bertz CT molecular complexity index is 949. The quantitative estimate of drug-likeness (QED) is 0.561. The Labute approximate surface area is 157 Å². The topological polar surface area (TPSA) is 63.6 Å². The van der Waals surface area contributed by atoms with Crippen molar-refractivity contribution in [1.29, 1.82) is 0 Å². The summed E-state index contributed by atoms with van der Waals surface area (Å²) >= 11 is 0. The number of benzene rings is 3. The SMILES string of the molecule is O=CC(COC(=O)C1(O)c2ccccc2-c2ccccc21)c1ccccc1. The average Bonchev–Trinajstić information content (AvgIpc) is 3.00. The van der Waals surface area contributed by atoms with Crippen molar-refractivity contribution in [3.63, 3.8) is 0 Å². The number of rotatable bonds is 5. The monoisotopic (exact) mass is 358 g/mol. The average molecular weight is 358 g/mol. The van der Waals surface area contributed by atoms with Gasteiger partial charge in [-0.15, -0.1) is 0 Å². The van der Waals surface area contributed by atoms with Crippen molar-refractivity contribution >= 4 is 12.3 Å². The summed E-state index contributed by atoms with van der Waals surface area (Å²) in [5, 5.41) is 11.4. The van der Waals surface area contributed by atoms with Crippen LogP contribution in [0.15, 0.2) is 78.9 Å². The van der Waals surface area contributed by atoms with Gasteiger partial charge >= 0.3 is 5.97 Å². The lowest BCUT2D eigenvalue weighted by Crippen LogP contribution is -2.37. The second-order valence-corrected chi connectivity index (χ2v) is 6.55. The molecular formula is C23H18O4. The smallest absolute Gasteiger partial charge is 0.347 e. The molecular weight excluding hydrogens is 340 g/mol. The Morgan fingerprint density at radius 1 is 0.889 bits per heavy atom. The Morgan fingerprint density at radius 2 is 1.41 bits per heavy atom. The summed E-state index contributed by atoms with van der Waals surface area (Å²) in [5.41, 5.74) is 1.50. The zero-order valence-corrected chi connectivity index (χ0v) is 14.5. The molecule has 1 atom stereocenters. The van der Waals surface area contributed by atoms with E-state index >= 15 is 0 Å². The molecule has 3 aromatic carbocycles. The summed E-state index contributed by atoms with van der Waals surface area (Å²) in [7, 11) is 0. The molecule has 0 heterocycles. The minimum absolute atomic E-state index is 0.126. The van der Waals surface area contributed by atoms with Crippen LogP contribution in [0, 0.1) is 0 Å². The van der Waals surface area contributed by atoms with E-state index in [0.717, 1.165) is 23.0 Å². The first kappa shape index (κ1) is 17.2. The lowest BCUT2D eigenvalue weighted by Gasteiger charge is -2.24. The van der Waals surface area contributed by atoms with Crippen molar-refractivity contribution in [2.75, 3.05) is 6.61 Å². The van der Waals surface area contributed by atoms with Crippen LogP contribution in [0.5, 0.6) is 0 Å². The van der Waals surface area contributed by atoms with Crippen LogP contribution in [0.25, 0.3) is 11.1 Å². The summed E-state index contributed by atoms with van der Waals surface area (Å²) in [6.45, 7) is -0.126. The van der Waals surface area contributed by atoms with Gasteiger partial charge in [-0.05, 0) is 16.7 Å². The molecule has 134 valence electrons. The first-order valence-corrected chi connectivity index (χ1v) is 8.75. The molecule has 4 heteroatoms. The lowest BCUT2D eigenvalue weighted by atomic mass is 9.91. The van der Waals surface area contributed by atoms with E-state index in [4.69, 9.17) is 4.74 Å². The second-order valence-electron chi connectivity index (χ2n) is 6.55. The lowest BCUT2D eigenvalue weighted by molar-refractivity contribution is -0.162. The highest BCUT2D eigenvalue weighted by Crippen LogP contribution is 2.47. The molecule has 0 saturated heterocycles. The highest BCUT2D eigenvalue weighted by Gasteiger charge is 2.49. The molecule has 4 nitrogen and oxygen atoms in total. The number of esters is 1. The van der Waals surface area contributed by atoms with Gasteiger partial charge < -0.3 is 14.6 Å². The third-order valence-corrected chi connectivity index (χ3v) is 5.01. The Kier molecular flexibility index (Phi) is 4.34. The summed E-state index contributed by atoms with van der Waals surface area (Å²) in [4.78, 5) is 24.4. The fourth-order valence-corrected chi connectivity index (χ4v) is 3.62. The summed E-state index contributed by atoms with van der Waals surface area (Å²) < 4.78 is 5.43. The first-order valence-electron chi connectivity index (χ1n) is 8.75. The predicted molar refractivity (Wildman–Crippen MR) is 101 cm³/mol. The largest absolute Gasteiger partial charge is 0.462 e. The predicted octanol–water partition coefficient (Wildman–Crippen LogP) is 3.43. The summed E-state index contributed by atoms with van der Waals surface area (Å²) in [5.74, 6) is -1.35. The minimum atomic E-state index is -1.88. The van der Waals surface area contributed by atoms with E-state index in [1.54, 1.807) is 24.3 Å². The molecule has 0 bridgehead atoms. The van der Waals surface area contributed by atoms with E-state index in [-0.39, 0.29) is 6.61 Å². The van der Waals surface area contributed by atoms with Crippen LogP contribution in [0.1, 0.15) is 22.6 Å². The van der Waals surface area contributed by atoms with Crippen molar-refractivity contribution in [2.24, 2.45) is 0 Å². The highest BCUT2D eigenvalue weighted by molar-refractivity contribution is 5.96. The molecule has 4 rings (SSSR count). The van der Waals surface area contributed by atoms with Crippen LogP contribution in [-0.4, -0.2) is 24.0 Å². The van der Waals surface area contributed by atoms with Gasteiger partial charge in [0.2, 0.25) is 5.60 Å². The van der Waals surface area contributed by atoms with Gasteiger partial charge in [0.15, 0.2) is 0 Å². The number of aldehydes is 1. The van der Waals surface area contributed by atoms with Crippen LogP contribution in [-0.2, 0) is 19.9 Å². The number of fused-ring (bicyclic) bond motifs is 3. The molecule has 27 heavy (non-hydrogen) atoms. The molecule has 0 aromatic heterocycles. The van der Waals surface area contributed by atoms with Gasteiger partial charge in [-0.25, -0.2) is 4.79 Å². The highest BCUT2D eigenvalue weighted by atomic mass is 16.5. The zero-order chi connectivity index (χ0) is 18.9. The van der Waals surface area contributed by atoms with Crippen LogP contribution < -0.4 is 0 Å². The van der Waals surface area contributed by atoms with Gasteiger partial charge in [0.25, 0.3) is 0 Å². The molecule has 0 amide bonds. The maximum atomic E-state index is 13.0. The normalized spacial score (nSPS) is 14.7. The molecule has 0 fully saturated rings. The number of aliphatic hydroxyl groups is 1. The van der Waals surface area contributed by atoms with Crippen molar-refractivity contribution < 1.29 is 19.4 Å². The standard InChI is InChI=1S/C23H18O4/c24-14-17(16-8-2-1-3-9-16)15-27-22(25)23(26)20-12-6-4-10-18(20)19-11-5-7-13-21(19)23/h1-14,17,26H,15H2. The fourth-order valence-electron chi connectivity index (χ4n) is 3.62. The van der Waals surface area contributed by atoms with Crippen LogP contribution >= 0.6 is 0 Å². The number of carbonyl (C=O) groups excluding carboxylic acids is 2. The molecule has 1 aliphatic carbocycles. The van der Waals surface area contributed by atoms with Crippen LogP contribution in [0.4, 0.5) is 0 Å². The van der Waals surface area contributed by atoms with Gasteiger partial charge in [0.1, 0.15) is 12.9 Å². The minimum Gasteiger partial charge on any atom is -0.462 e. The van der Waals surface area contributed by atoms with E-state index in [9.17, 15) is 14.7 Å². The zero-order valence-electron chi connectivity index (χ0n) is 14.5. The number of hydrogen-bond acceptors (Lipinski definition) is 4. The van der Waals surface area contributed by atoms with Crippen molar-refractivity contribution in [3.8, 4) is 11.1 Å². The third kappa shape index (κ3) is 2.75. The van der Waals surface area contributed by atoms with Gasteiger partial charge in [-0.1, -0.05) is 78.9 Å². The van der Waals surface area contributed by atoms with Crippen molar-refractivity contribution in [3.05, 3.63) is 95.6 Å². The number of hydrogen-bond donors (Lipinski definition) is 1. The van der Waals surface area contributed by atoms with Gasteiger partial charge in [0.05, 0.1) is 5.92 Å². The Hall–Kier alpha value is -3.24. The number of carbonyl (C=O) groups is 2. The Morgan fingerprint density at radius 3 is 1.96 bits per heavy atom. The van der Waals surface area contributed by atoms with E-state index in [0.29, 0.717) is 11.1 Å². The fraction of sp³-hybridized carbons (Fsp3) is 0.130. The van der Waals surface area contributed by atoms with Crippen molar-refractivity contribution in [1.82, 2.24) is 0 Å². The maximum absolute atomic E-state index is 13.0. The molecule has 1 N–H and O–H groups in total. The van der Waals surface area contributed by atoms with Crippen LogP contribution in [0.3, 0.4) is 0 Å². The Balaban J connectivity index is 1.64. The number of ether oxygens (including phenoxy) is 1. The van der Waals surface area contributed by atoms with Gasteiger partial charge in [-0.3, -0.25) is 0 Å². The molecule has 0 spiro atoms.